The Morgan fingerprint density at radius 2 is 2.04 bits per heavy atom. The zero-order valence-electron chi connectivity index (χ0n) is 14.5. The number of likely N-dealkylation sites (tertiary alicyclic amines) is 1. The summed E-state index contributed by atoms with van der Waals surface area (Å²) in [5.74, 6) is -0.0529. The molecule has 0 saturated carbocycles. The van der Waals surface area contributed by atoms with Gasteiger partial charge in [0.1, 0.15) is 0 Å². The number of aromatic nitrogens is 2. The summed E-state index contributed by atoms with van der Waals surface area (Å²) in [7, 11) is 0. The Morgan fingerprint density at radius 1 is 1.19 bits per heavy atom. The number of carbonyl (C=O) groups excluding carboxylic acids is 2. The van der Waals surface area contributed by atoms with Gasteiger partial charge in [-0.15, -0.1) is 0 Å². The summed E-state index contributed by atoms with van der Waals surface area (Å²) in [6.07, 6.45) is 2.58. The van der Waals surface area contributed by atoms with Gasteiger partial charge in [0.05, 0.1) is 11.7 Å². The van der Waals surface area contributed by atoms with Crippen LogP contribution in [-0.2, 0) is 4.79 Å². The van der Waals surface area contributed by atoms with Crippen LogP contribution in [0.5, 0.6) is 0 Å². The van der Waals surface area contributed by atoms with Crippen molar-refractivity contribution in [3.8, 4) is 11.1 Å². The van der Waals surface area contributed by atoms with Crippen LogP contribution in [0, 0.1) is 0 Å². The van der Waals surface area contributed by atoms with Gasteiger partial charge in [-0.05, 0) is 35.7 Å². The molecular weight excluding hydrogens is 328 g/mol. The molecule has 0 unspecified atom stereocenters. The smallest absolute Gasteiger partial charge is 0.253 e. The second-order valence-corrected chi connectivity index (χ2v) is 6.69. The monoisotopic (exact) mass is 348 g/mol. The van der Waals surface area contributed by atoms with Crippen LogP contribution in [0.3, 0.4) is 0 Å². The maximum Gasteiger partial charge on any atom is 0.253 e. The molecule has 26 heavy (non-hydrogen) atoms. The van der Waals surface area contributed by atoms with Gasteiger partial charge in [0.2, 0.25) is 5.91 Å². The van der Waals surface area contributed by atoms with E-state index in [0.717, 1.165) is 28.5 Å². The van der Waals surface area contributed by atoms with Crippen LogP contribution in [-0.4, -0.2) is 46.0 Å². The molecule has 4 rings (SSSR count). The Bertz CT molecular complexity index is 979. The predicted octanol–water partition coefficient (Wildman–Crippen LogP) is 2.58. The molecule has 0 radical (unpaired) electrons. The van der Waals surface area contributed by atoms with E-state index in [0.29, 0.717) is 18.7 Å². The first kappa shape index (κ1) is 16.3. The average molecular weight is 348 g/mol. The Hall–Kier alpha value is -3.15. The van der Waals surface area contributed by atoms with Crippen molar-refractivity contribution in [1.29, 1.82) is 0 Å². The minimum atomic E-state index is -0.0551. The molecule has 1 aliphatic rings. The molecule has 6 heteroatoms. The minimum Gasteiger partial charge on any atom is -0.352 e. The Morgan fingerprint density at radius 3 is 2.88 bits per heavy atom. The van der Waals surface area contributed by atoms with Crippen LogP contribution in [0.1, 0.15) is 23.7 Å². The Labute approximate surface area is 151 Å². The highest BCUT2D eigenvalue weighted by Crippen LogP contribution is 2.25. The molecule has 132 valence electrons. The fourth-order valence-electron chi connectivity index (χ4n) is 3.48. The topological polar surface area (TPSA) is 78.1 Å². The SMILES string of the molecule is CC(=O)N[C@@H]1CCN(C(=O)c2cccc(-c3ccc4cn[nH]c4c3)c2)C1. The standard InChI is InChI=1S/C20H20N4O2/c1-13(25)22-18-7-8-24(12-18)20(26)16-4-2-3-14(9-16)15-5-6-17-11-21-23-19(17)10-15/h2-6,9-11,18H,7-8,12H2,1H3,(H,21,23)(H,22,25)/t18-/m1/s1. The van der Waals surface area contributed by atoms with E-state index in [4.69, 9.17) is 0 Å². The van der Waals surface area contributed by atoms with Crippen LogP contribution in [0.15, 0.2) is 48.7 Å². The fourth-order valence-corrected chi connectivity index (χ4v) is 3.48. The molecule has 2 amide bonds. The van der Waals surface area contributed by atoms with Crippen molar-refractivity contribution in [3.05, 3.63) is 54.2 Å². The molecule has 0 spiro atoms. The number of nitrogens with zero attached hydrogens (tertiary/aromatic N) is 2. The summed E-state index contributed by atoms with van der Waals surface area (Å²) in [6, 6.07) is 13.8. The van der Waals surface area contributed by atoms with E-state index in [1.54, 1.807) is 11.1 Å². The summed E-state index contributed by atoms with van der Waals surface area (Å²) in [4.78, 5) is 25.8. The van der Waals surface area contributed by atoms with Gasteiger partial charge in [0.15, 0.2) is 0 Å². The molecule has 1 saturated heterocycles. The highest BCUT2D eigenvalue weighted by atomic mass is 16.2. The fraction of sp³-hybridized carbons (Fsp3) is 0.250. The number of hydrogen-bond donors (Lipinski definition) is 2. The maximum atomic E-state index is 12.8. The Balaban J connectivity index is 1.55. The number of fused-ring (bicyclic) bond motifs is 1. The van der Waals surface area contributed by atoms with E-state index in [2.05, 4.69) is 15.5 Å². The van der Waals surface area contributed by atoms with E-state index in [1.165, 1.54) is 6.92 Å². The normalized spacial score (nSPS) is 16.8. The molecule has 1 aliphatic heterocycles. The van der Waals surface area contributed by atoms with E-state index in [-0.39, 0.29) is 17.9 Å². The Kier molecular flexibility index (Phi) is 4.16. The second-order valence-electron chi connectivity index (χ2n) is 6.69. The number of benzene rings is 2. The molecule has 2 aromatic carbocycles. The molecule has 6 nitrogen and oxygen atoms in total. The third-order valence-electron chi connectivity index (χ3n) is 4.77. The van der Waals surface area contributed by atoms with E-state index in [9.17, 15) is 9.59 Å². The summed E-state index contributed by atoms with van der Waals surface area (Å²) in [5, 5.41) is 11.0. The lowest BCUT2D eigenvalue weighted by Crippen LogP contribution is -2.37. The van der Waals surface area contributed by atoms with Crippen LogP contribution < -0.4 is 5.32 Å². The molecule has 2 heterocycles. The number of carbonyl (C=O) groups is 2. The number of rotatable bonds is 3. The average Bonchev–Trinajstić information content (AvgIpc) is 3.29. The lowest BCUT2D eigenvalue weighted by molar-refractivity contribution is -0.119. The highest BCUT2D eigenvalue weighted by molar-refractivity contribution is 5.96. The molecule has 2 N–H and O–H groups in total. The number of amides is 2. The summed E-state index contributed by atoms with van der Waals surface area (Å²) in [6.45, 7) is 2.72. The predicted molar refractivity (Wildman–Crippen MR) is 99.7 cm³/mol. The van der Waals surface area contributed by atoms with Gasteiger partial charge >= 0.3 is 0 Å². The van der Waals surface area contributed by atoms with Crippen molar-refractivity contribution >= 4 is 22.7 Å². The van der Waals surface area contributed by atoms with Crippen LogP contribution >= 0.6 is 0 Å². The molecular formula is C20H20N4O2. The van der Waals surface area contributed by atoms with E-state index in [1.807, 2.05) is 42.5 Å². The first-order valence-electron chi connectivity index (χ1n) is 8.70. The first-order valence-corrected chi connectivity index (χ1v) is 8.70. The van der Waals surface area contributed by atoms with Gasteiger partial charge in [0.25, 0.3) is 5.91 Å². The van der Waals surface area contributed by atoms with Crippen molar-refractivity contribution < 1.29 is 9.59 Å². The van der Waals surface area contributed by atoms with Crippen molar-refractivity contribution in [2.75, 3.05) is 13.1 Å². The quantitative estimate of drug-likeness (QED) is 0.764. The summed E-state index contributed by atoms with van der Waals surface area (Å²) < 4.78 is 0. The van der Waals surface area contributed by atoms with Gasteiger partial charge in [-0.3, -0.25) is 14.7 Å². The molecule has 3 aromatic rings. The van der Waals surface area contributed by atoms with Gasteiger partial charge in [-0.2, -0.15) is 5.10 Å². The van der Waals surface area contributed by atoms with Crippen LogP contribution in [0.2, 0.25) is 0 Å². The number of nitrogens with one attached hydrogen (secondary N) is 2. The zero-order chi connectivity index (χ0) is 18.1. The third-order valence-corrected chi connectivity index (χ3v) is 4.77. The molecule has 1 fully saturated rings. The summed E-state index contributed by atoms with van der Waals surface area (Å²) >= 11 is 0. The van der Waals surface area contributed by atoms with E-state index < -0.39 is 0 Å². The molecule has 0 bridgehead atoms. The van der Waals surface area contributed by atoms with Gasteiger partial charge in [0, 0.05) is 37.0 Å². The summed E-state index contributed by atoms with van der Waals surface area (Å²) in [5.41, 5.74) is 3.66. The van der Waals surface area contributed by atoms with Gasteiger partial charge in [-0.25, -0.2) is 0 Å². The number of H-pyrrole nitrogens is 1. The lowest BCUT2D eigenvalue weighted by Gasteiger charge is -2.17. The largest absolute Gasteiger partial charge is 0.352 e. The molecule has 1 atom stereocenters. The molecule has 1 aromatic heterocycles. The van der Waals surface area contributed by atoms with Crippen molar-refractivity contribution in [2.24, 2.45) is 0 Å². The van der Waals surface area contributed by atoms with E-state index >= 15 is 0 Å². The number of hydrogen-bond acceptors (Lipinski definition) is 3. The van der Waals surface area contributed by atoms with Crippen LogP contribution in [0.4, 0.5) is 0 Å². The maximum absolute atomic E-state index is 12.8. The van der Waals surface area contributed by atoms with Gasteiger partial charge < -0.3 is 10.2 Å². The third kappa shape index (κ3) is 3.18. The van der Waals surface area contributed by atoms with Crippen molar-refractivity contribution in [1.82, 2.24) is 20.4 Å². The van der Waals surface area contributed by atoms with Crippen molar-refractivity contribution in [3.63, 3.8) is 0 Å². The second kappa shape index (κ2) is 6.63. The highest BCUT2D eigenvalue weighted by Gasteiger charge is 2.27. The minimum absolute atomic E-state index is 0.00215. The number of aromatic amines is 1. The first-order chi connectivity index (χ1) is 12.6. The van der Waals surface area contributed by atoms with Crippen LogP contribution in [0.25, 0.3) is 22.0 Å². The lowest BCUT2D eigenvalue weighted by atomic mass is 10.0. The zero-order valence-corrected chi connectivity index (χ0v) is 14.5. The van der Waals surface area contributed by atoms with Gasteiger partial charge in [-0.1, -0.05) is 24.3 Å². The van der Waals surface area contributed by atoms with Crippen molar-refractivity contribution in [2.45, 2.75) is 19.4 Å². The molecule has 0 aliphatic carbocycles.